The number of nitrogens with one attached hydrogen (secondary N) is 1. The smallest absolute Gasteiger partial charge is 0.416 e. The first-order valence-electron chi connectivity index (χ1n) is 9.63. The molecule has 2 aliphatic heterocycles. The maximum Gasteiger partial charge on any atom is 0.416 e. The van der Waals surface area contributed by atoms with E-state index in [1.54, 1.807) is 6.92 Å². The predicted octanol–water partition coefficient (Wildman–Crippen LogP) is 3.90. The summed E-state index contributed by atoms with van der Waals surface area (Å²) in [4.78, 5) is 13.6. The highest BCUT2D eigenvalue weighted by molar-refractivity contribution is 5.73. The van der Waals surface area contributed by atoms with Crippen LogP contribution in [0.5, 0.6) is 0 Å². The summed E-state index contributed by atoms with van der Waals surface area (Å²) in [6.45, 7) is 3.20. The molecule has 1 N–H and O–H groups in total. The molecule has 1 aromatic carbocycles. The van der Waals surface area contributed by atoms with Crippen LogP contribution in [0.1, 0.15) is 43.2 Å². The van der Waals surface area contributed by atoms with Crippen molar-refractivity contribution in [1.29, 1.82) is 0 Å². The first kappa shape index (κ1) is 20.9. The third kappa shape index (κ3) is 3.97. The average molecular weight is 402 g/mol. The van der Waals surface area contributed by atoms with Crippen LogP contribution in [0.4, 0.5) is 23.2 Å². The van der Waals surface area contributed by atoms with Gasteiger partial charge in [-0.1, -0.05) is 13.0 Å². The van der Waals surface area contributed by atoms with E-state index >= 15 is 4.39 Å². The molecule has 2 aliphatic rings. The monoisotopic (exact) mass is 402 g/mol. The number of anilines is 1. The van der Waals surface area contributed by atoms with Gasteiger partial charge in [-0.25, -0.2) is 4.39 Å². The molecule has 0 bridgehead atoms. The number of benzene rings is 1. The van der Waals surface area contributed by atoms with Gasteiger partial charge in [0, 0.05) is 37.8 Å². The van der Waals surface area contributed by atoms with Gasteiger partial charge in [-0.15, -0.1) is 0 Å². The van der Waals surface area contributed by atoms with Crippen molar-refractivity contribution in [3.63, 3.8) is 0 Å². The second-order valence-corrected chi connectivity index (χ2v) is 7.63. The fourth-order valence-corrected chi connectivity index (χ4v) is 4.30. The third-order valence-corrected chi connectivity index (χ3v) is 6.08. The molecule has 2 heterocycles. The number of hydrogen-bond donors (Lipinski definition) is 1. The first-order chi connectivity index (χ1) is 13.2. The van der Waals surface area contributed by atoms with Gasteiger partial charge in [-0.3, -0.25) is 4.79 Å². The van der Waals surface area contributed by atoms with Crippen LogP contribution in [0.2, 0.25) is 0 Å². The lowest BCUT2D eigenvalue weighted by Crippen LogP contribution is -2.38. The first-order valence-corrected chi connectivity index (χ1v) is 9.63. The SMILES string of the molecule is CC[C@@]1(F)CNC[C@@H]1c1ccc(C(F)(F)F)cc1N1CCC(C(=O)OC)CC1. The van der Waals surface area contributed by atoms with Crippen LogP contribution in [0.15, 0.2) is 18.2 Å². The van der Waals surface area contributed by atoms with Gasteiger partial charge < -0.3 is 15.0 Å². The molecular formula is C20H26F4N2O2. The fourth-order valence-electron chi connectivity index (χ4n) is 4.30. The number of carbonyl (C=O) groups is 1. The molecular weight excluding hydrogens is 376 g/mol. The predicted molar refractivity (Wildman–Crippen MR) is 98.1 cm³/mol. The lowest BCUT2D eigenvalue weighted by molar-refractivity contribution is -0.146. The van der Waals surface area contributed by atoms with E-state index in [4.69, 9.17) is 4.74 Å². The van der Waals surface area contributed by atoms with Crippen molar-refractivity contribution in [3.05, 3.63) is 29.3 Å². The van der Waals surface area contributed by atoms with Gasteiger partial charge in [0.1, 0.15) is 5.67 Å². The molecule has 0 spiro atoms. The molecule has 3 rings (SSSR count). The minimum absolute atomic E-state index is 0.193. The molecule has 0 aromatic heterocycles. The van der Waals surface area contributed by atoms with Crippen molar-refractivity contribution in [3.8, 4) is 0 Å². The topological polar surface area (TPSA) is 41.6 Å². The van der Waals surface area contributed by atoms with Crippen molar-refractivity contribution in [2.75, 3.05) is 38.2 Å². The molecule has 0 saturated carbocycles. The molecule has 0 unspecified atom stereocenters. The van der Waals surface area contributed by atoms with Gasteiger partial charge in [-0.05, 0) is 37.0 Å². The molecule has 28 heavy (non-hydrogen) atoms. The Morgan fingerprint density at radius 1 is 1.32 bits per heavy atom. The van der Waals surface area contributed by atoms with Crippen molar-refractivity contribution < 1.29 is 27.1 Å². The van der Waals surface area contributed by atoms with Crippen molar-refractivity contribution in [1.82, 2.24) is 5.32 Å². The normalized spacial score (nSPS) is 26.5. The Hall–Kier alpha value is -1.83. The Bertz CT molecular complexity index is 717. The van der Waals surface area contributed by atoms with Gasteiger partial charge in [-0.2, -0.15) is 13.2 Å². The van der Waals surface area contributed by atoms with E-state index in [0.29, 0.717) is 43.7 Å². The van der Waals surface area contributed by atoms with Gasteiger partial charge in [0.05, 0.1) is 18.6 Å². The summed E-state index contributed by atoms with van der Waals surface area (Å²) in [6.07, 6.45) is -3.18. The van der Waals surface area contributed by atoms with E-state index in [0.717, 1.165) is 12.1 Å². The minimum Gasteiger partial charge on any atom is -0.469 e. The van der Waals surface area contributed by atoms with E-state index in [2.05, 4.69) is 5.32 Å². The van der Waals surface area contributed by atoms with Crippen LogP contribution >= 0.6 is 0 Å². The highest BCUT2D eigenvalue weighted by Crippen LogP contribution is 2.44. The van der Waals surface area contributed by atoms with Crippen LogP contribution in [0.3, 0.4) is 0 Å². The lowest BCUT2D eigenvalue weighted by Gasteiger charge is -2.36. The van der Waals surface area contributed by atoms with E-state index in [9.17, 15) is 18.0 Å². The molecule has 0 aliphatic carbocycles. The molecule has 4 nitrogen and oxygen atoms in total. The third-order valence-electron chi connectivity index (χ3n) is 6.08. The zero-order valence-corrected chi connectivity index (χ0v) is 16.1. The van der Waals surface area contributed by atoms with Crippen molar-refractivity contribution in [2.24, 2.45) is 5.92 Å². The number of alkyl halides is 4. The van der Waals surface area contributed by atoms with E-state index < -0.39 is 23.3 Å². The summed E-state index contributed by atoms with van der Waals surface area (Å²) in [5.74, 6) is -1.05. The molecule has 156 valence electrons. The van der Waals surface area contributed by atoms with Crippen LogP contribution in [-0.4, -0.2) is 44.9 Å². The molecule has 2 saturated heterocycles. The zero-order valence-electron chi connectivity index (χ0n) is 16.1. The Kier molecular flexibility index (Phi) is 5.89. The van der Waals surface area contributed by atoms with Gasteiger partial charge in [0.2, 0.25) is 0 Å². The molecule has 0 radical (unpaired) electrons. The number of rotatable bonds is 4. The van der Waals surface area contributed by atoms with E-state index in [1.165, 1.54) is 13.2 Å². The summed E-state index contributed by atoms with van der Waals surface area (Å²) < 4.78 is 60.0. The summed E-state index contributed by atoms with van der Waals surface area (Å²) >= 11 is 0. The van der Waals surface area contributed by atoms with Crippen molar-refractivity contribution in [2.45, 2.75) is 43.9 Å². The molecule has 2 fully saturated rings. The van der Waals surface area contributed by atoms with Crippen LogP contribution in [0, 0.1) is 5.92 Å². The van der Waals surface area contributed by atoms with E-state index in [-0.39, 0.29) is 24.9 Å². The number of ether oxygens (including phenoxy) is 1. The Balaban J connectivity index is 1.95. The zero-order chi connectivity index (χ0) is 20.5. The highest BCUT2D eigenvalue weighted by Gasteiger charge is 2.45. The standard InChI is InChI=1S/C20H26F4N2O2/c1-3-19(21)12-25-11-16(19)15-5-4-14(20(22,23)24)10-17(15)26-8-6-13(7-9-26)18(27)28-2/h4-5,10,13,16,25H,3,6-9,11-12H2,1-2H3/t16-,19-/m1/s1. The second-order valence-electron chi connectivity index (χ2n) is 7.63. The molecule has 2 atom stereocenters. The number of methoxy groups -OCH3 is 1. The number of nitrogens with zero attached hydrogens (tertiary/aromatic N) is 1. The maximum absolute atomic E-state index is 15.3. The number of halogens is 4. The summed E-state index contributed by atoms with van der Waals surface area (Å²) in [5, 5.41) is 3.04. The molecule has 1 aromatic rings. The molecule has 8 heteroatoms. The fraction of sp³-hybridized carbons (Fsp3) is 0.650. The summed E-state index contributed by atoms with van der Waals surface area (Å²) in [6, 6.07) is 3.59. The Morgan fingerprint density at radius 3 is 2.57 bits per heavy atom. The lowest BCUT2D eigenvalue weighted by atomic mass is 9.82. The van der Waals surface area contributed by atoms with E-state index in [1.807, 2.05) is 4.90 Å². The highest BCUT2D eigenvalue weighted by atomic mass is 19.4. The van der Waals surface area contributed by atoms with Crippen LogP contribution < -0.4 is 10.2 Å². The number of carbonyl (C=O) groups excluding carboxylic acids is 1. The average Bonchev–Trinajstić information content (AvgIpc) is 3.08. The Morgan fingerprint density at radius 2 is 2.00 bits per heavy atom. The summed E-state index contributed by atoms with van der Waals surface area (Å²) in [7, 11) is 1.33. The molecule has 0 amide bonds. The summed E-state index contributed by atoms with van der Waals surface area (Å²) in [5.41, 5.74) is -1.21. The quantitative estimate of drug-likeness (QED) is 0.613. The Labute approximate surface area is 162 Å². The number of piperidine rings is 1. The van der Waals surface area contributed by atoms with Crippen LogP contribution in [0.25, 0.3) is 0 Å². The van der Waals surface area contributed by atoms with Gasteiger partial charge in [0.15, 0.2) is 0 Å². The van der Waals surface area contributed by atoms with Gasteiger partial charge in [0.25, 0.3) is 0 Å². The number of hydrogen-bond acceptors (Lipinski definition) is 4. The number of esters is 1. The van der Waals surface area contributed by atoms with Gasteiger partial charge >= 0.3 is 12.1 Å². The minimum atomic E-state index is -4.47. The second kappa shape index (κ2) is 7.89. The maximum atomic E-state index is 15.3. The van der Waals surface area contributed by atoms with Crippen molar-refractivity contribution >= 4 is 11.7 Å². The largest absolute Gasteiger partial charge is 0.469 e. The van der Waals surface area contributed by atoms with Crippen LogP contribution in [-0.2, 0) is 15.7 Å².